The van der Waals surface area contributed by atoms with Gasteiger partial charge < -0.3 is 18.9 Å². The number of pyridine rings is 1. The number of ether oxygens (including phenoxy) is 4. The van der Waals surface area contributed by atoms with Gasteiger partial charge in [-0.15, -0.1) is 5.10 Å². The SMILES string of the molecule is COc1ccc(-n2ccc(OCc3ccccc3OC)n2)c(OC)n1. The Morgan fingerprint density at radius 2 is 1.72 bits per heavy atom. The van der Waals surface area contributed by atoms with E-state index in [0.29, 0.717) is 29.9 Å². The number of rotatable bonds is 7. The third-order valence-electron chi connectivity index (χ3n) is 3.60. The molecule has 2 heterocycles. The summed E-state index contributed by atoms with van der Waals surface area (Å²) < 4.78 is 23.1. The Hall–Kier alpha value is -3.22. The Balaban J connectivity index is 1.77. The second kappa shape index (κ2) is 7.57. The van der Waals surface area contributed by atoms with E-state index in [1.807, 2.05) is 30.3 Å². The van der Waals surface area contributed by atoms with Crippen LogP contribution in [0.25, 0.3) is 5.69 Å². The molecule has 0 saturated heterocycles. The molecule has 0 aliphatic heterocycles. The van der Waals surface area contributed by atoms with E-state index < -0.39 is 0 Å². The molecule has 0 aliphatic rings. The average molecular weight is 341 g/mol. The molecule has 130 valence electrons. The van der Waals surface area contributed by atoms with E-state index in [1.54, 1.807) is 44.3 Å². The zero-order valence-corrected chi connectivity index (χ0v) is 14.3. The molecule has 3 rings (SSSR count). The van der Waals surface area contributed by atoms with Crippen LogP contribution in [-0.4, -0.2) is 36.1 Å². The van der Waals surface area contributed by atoms with Crippen LogP contribution in [0, 0.1) is 0 Å². The molecule has 7 heteroatoms. The molecule has 0 atom stereocenters. The molecule has 0 N–H and O–H groups in total. The van der Waals surface area contributed by atoms with Crippen molar-refractivity contribution in [2.45, 2.75) is 6.61 Å². The van der Waals surface area contributed by atoms with Crippen molar-refractivity contribution in [2.24, 2.45) is 0 Å². The molecule has 0 aliphatic carbocycles. The van der Waals surface area contributed by atoms with Crippen molar-refractivity contribution < 1.29 is 18.9 Å². The minimum absolute atomic E-state index is 0.360. The molecule has 25 heavy (non-hydrogen) atoms. The third kappa shape index (κ3) is 3.65. The quantitative estimate of drug-likeness (QED) is 0.658. The van der Waals surface area contributed by atoms with Crippen molar-refractivity contribution in [1.82, 2.24) is 14.8 Å². The topological polar surface area (TPSA) is 67.6 Å². The van der Waals surface area contributed by atoms with E-state index in [0.717, 1.165) is 11.3 Å². The van der Waals surface area contributed by atoms with Crippen LogP contribution in [-0.2, 0) is 6.61 Å². The highest BCUT2D eigenvalue weighted by atomic mass is 16.5. The van der Waals surface area contributed by atoms with Crippen LogP contribution in [0.15, 0.2) is 48.7 Å². The van der Waals surface area contributed by atoms with E-state index in [9.17, 15) is 0 Å². The van der Waals surface area contributed by atoms with Crippen LogP contribution < -0.4 is 18.9 Å². The zero-order chi connectivity index (χ0) is 17.6. The number of methoxy groups -OCH3 is 3. The van der Waals surface area contributed by atoms with Gasteiger partial charge in [0.1, 0.15) is 18.0 Å². The van der Waals surface area contributed by atoms with Crippen molar-refractivity contribution in [3.05, 3.63) is 54.2 Å². The van der Waals surface area contributed by atoms with Gasteiger partial charge in [0.2, 0.25) is 17.6 Å². The molecule has 3 aromatic rings. The summed E-state index contributed by atoms with van der Waals surface area (Å²) in [4.78, 5) is 4.25. The van der Waals surface area contributed by atoms with Crippen LogP contribution in [0.1, 0.15) is 5.56 Å². The summed E-state index contributed by atoms with van der Waals surface area (Å²) in [6.45, 7) is 0.360. The average Bonchev–Trinajstić information content (AvgIpc) is 3.14. The Labute approximate surface area is 145 Å². The molecule has 0 radical (unpaired) electrons. The first kappa shape index (κ1) is 16.6. The Morgan fingerprint density at radius 3 is 2.48 bits per heavy atom. The van der Waals surface area contributed by atoms with Gasteiger partial charge in [0.25, 0.3) is 0 Å². The molecule has 1 aromatic carbocycles. The first-order chi connectivity index (χ1) is 12.2. The van der Waals surface area contributed by atoms with Crippen molar-refractivity contribution in [3.8, 4) is 29.1 Å². The van der Waals surface area contributed by atoms with Gasteiger partial charge in [-0.1, -0.05) is 18.2 Å². The summed E-state index contributed by atoms with van der Waals surface area (Å²) in [7, 11) is 4.74. The Bertz CT molecular complexity index is 848. The van der Waals surface area contributed by atoms with Crippen LogP contribution in [0.3, 0.4) is 0 Å². The van der Waals surface area contributed by atoms with Crippen molar-refractivity contribution in [1.29, 1.82) is 0 Å². The normalized spacial score (nSPS) is 10.4. The Kier molecular flexibility index (Phi) is 5.03. The second-order valence-electron chi connectivity index (χ2n) is 5.08. The van der Waals surface area contributed by atoms with Crippen molar-refractivity contribution >= 4 is 0 Å². The fourth-order valence-corrected chi connectivity index (χ4v) is 2.35. The van der Waals surface area contributed by atoms with Crippen LogP contribution in [0.4, 0.5) is 0 Å². The maximum atomic E-state index is 5.76. The lowest BCUT2D eigenvalue weighted by molar-refractivity contribution is 0.283. The maximum absolute atomic E-state index is 5.76. The van der Waals surface area contributed by atoms with Crippen molar-refractivity contribution in [2.75, 3.05) is 21.3 Å². The van der Waals surface area contributed by atoms with E-state index in [4.69, 9.17) is 18.9 Å². The van der Waals surface area contributed by atoms with Crippen LogP contribution in [0.2, 0.25) is 0 Å². The Morgan fingerprint density at radius 1 is 0.880 bits per heavy atom. The predicted molar refractivity (Wildman–Crippen MR) is 91.8 cm³/mol. The molecule has 0 fully saturated rings. The van der Waals surface area contributed by atoms with Gasteiger partial charge in [-0.2, -0.15) is 4.98 Å². The van der Waals surface area contributed by atoms with E-state index in [1.165, 1.54) is 0 Å². The predicted octanol–water partition coefficient (Wildman–Crippen LogP) is 2.87. The van der Waals surface area contributed by atoms with E-state index in [-0.39, 0.29) is 0 Å². The molecule has 2 aromatic heterocycles. The van der Waals surface area contributed by atoms with E-state index >= 15 is 0 Å². The van der Waals surface area contributed by atoms with Crippen molar-refractivity contribution in [3.63, 3.8) is 0 Å². The highest BCUT2D eigenvalue weighted by molar-refractivity contribution is 5.43. The van der Waals surface area contributed by atoms with Gasteiger partial charge in [0.05, 0.1) is 21.3 Å². The molecule has 0 bridgehead atoms. The summed E-state index contributed by atoms with van der Waals surface area (Å²) >= 11 is 0. The molecule has 0 spiro atoms. The summed E-state index contributed by atoms with van der Waals surface area (Å²) in [5, 5.41) is 4.41. The fraction of sp³-hybridized carbons (Fsp3) is 0.222. The first-order valence-corrected chi connectivity index (χ1v) is 7.65. The zero-order valence-electron chi connectivity index (χ0n) is 14.3. The number of hydrogen-bond acceptors (Lipinski definition) is 6. The molecule has 0 amide bonds. The van der Waals surface area contributed by atoms with Crippen LogP contribution >= 0.6 is 0 Å². The smallest absolute Gasteiger partial charge is 0.243 e. The number of para-hydroxylation sites is 1. The van der Waals surface area contributed by atoms with E-state index in [2.05, 4.69) is 10.1 Å². The third-order valence-corrected chi connectivity index (χ3v) is 3.60. The molecule has 0 unspecified atom stereocenters. The summed E-state index contributed by atoms with van der Waals surface area (Å²) in [5.74, 6) is 2.16. The molecule has 7 nitrogen and oxygen atoms in total. The highest BCUT2D eigenvalue weighted by Gasteiger charge is 2.11. The van der Waals surface area contributed by atoms with Gasteiger partial charge >= 0.3 is 0 Å². The van der Waals surface area contributed by atoms with Gasteiger partial charge in [0.15, 0.2) is 0 Å². The van der Waals surface area contributed by atoms with Gasteiger partial charge in [-0.3, -0.25) is 0 Å². The van der Waals surface area contributed by atoms with Gasteiger partial charge in [0, 0.05) is 23.9 Å². The van der Waals surface area contributed by atoms with Gasteiger partial charge in [-0.05, 0) is 12.1 Å². The standard InChI is InChI=1S/C18H19N3O4/c1-22-15-7-5-4-6-13(15)12-25-17-10-11-21(20-17)14-8-9-16(23-2)19-18(14)24-3/h4-11H,12H2,1-3H3. The second-order valence-corrected chi connectivity index (χ2v) is 5.08. The minimum Gasteiger partial charge on any atom is -0.496 e. The first-order valence-electron chi connectivity index (χ1n) is 7.65. The lowest BCUT2D eigenvalue weighted by atomic mass is 10.2. The lowest BCUT2D eigenvalue weighted by Gasteiger charge is -2.09. The summed E-state index contributed by atoms with van der Waals surface area (Å²) in [6.07, 6.45) is 1.78. The van der Waals surface area contributed by atoms with Gasteiger partial charge in [-0.25, -0.2) is 4.68 Å². The highest BCUT2D eigenvalue weighted by Crippen LogP contribution is 2.25. The maximum Gasteiger partial charge on any atom is 0.243 e. The molecule has 0 saturated carbocycles. The number of aromatic nitrogens is 3. The van der Waals surface area contributed by atoms with Crippen LogP contribution in [0.5, 0.6) is 23.4 Å². The fourth-order valence-electron chi connectivity index (χ4n) is 2.35. The number of benzene rings is 1. The minimum atomic E-state index is 0.360. The lowest BCUT2D eigenvalue weighted by Crippen LogP contribution is -2.03. The monoisotopic (exact) mass is 341 g/mol. The molecular formula is C18H19N3O4. The summed E-state index contributed by atoms with van der Waals surface area (Å²) in [6, 6.07) is 13.0. The number of nitrogens with zero attached hydrogens (tertiary/aromatic N) is 3. The number of hydrogen-bond donors (Lipinski definition) is 0. The summed E-state index contributed by atoms with van der Waals surface area (Å²) in [5.41, 5.74) is 1.64. The molecular weight excluding hydrogens is 322 g/mol. The largest absolute Gasteiger partial charge is 0.496 e.